The predicted molar refractivity (Wildman–Crippen MR) is 90.4 cm³/mol. The van der Waals surface area contributed by atoms with Crippen LogP contribution in [-0.2, 0) is 4.79 Å². The van der Waals surface area contributed by atoms with Crippen LogP contribution < -0.4 is 15.6 Å². The molecule has 1 aromatic carbocycles. The first-order valence-corrected chi connectivity index (χ1v) is 8.48. The second-order valence-electron chi connectivity index (χ2n) is 5.01. The molecule has 0 aromatic heterocycles. The molecule has 1 aliphatic carbocycles. The standard InChI is InChI=1S/C14H13Cl2IN2O2/c15-10-5-7(17)6-11(16)12(10)21-14-9-4-2-1-3-8(9)13(20)18-19-14/h5-6,14,19H,1-4H2,(H,18,20). The minimum atomic E-state index is -0.423. The average Bonchev–Trinajstić information content (AvgIpc) is 2.45. The van der Waals surface area contributed by atoms with E-state index in [9.17, 15) is 4.79 Å². The molecule has 2 aliphatic rings. The van der Waals surface area contributed by atoms with Crippen molar-refractivity contribution in [2.24, 2.45) is 0 Å². The van der Waals surface area contributed by atoms with Gasteiger partial charge < -0.3 is 4.74 Å². The topological polar surface area (TPSA) is 50.4 Å². The van der Waals surface area contributed by atoms with E-state index in [4.69, 9.17) is 27.9 Å². The normalized spacial score (nSPS) is 21.9. The van der Waals surface area contributed by atoms with E-state index in [0.717, 1.165) is 40.4 Å². The number of benzene rings is 1. The number of hydrogen-bond acceptors (Lipinski definition) is 3. The number of halogens is 3. The molecule has 4 nitrogen and oxygen atoms in total. The van der Waals surface area contributed by atoms with Gasteiger partial charge in [0.2, 0.25) is 0 Å². The molecule has 1 atom stereocenters. The summed E-state index contributed by atoms with van der Waals surface area (Å²) in [7, 11) is 0. The molecule has 21 heavy (non-hydrogen) atoms. The molecule has 112 valence electrons. The number of nitrogens with one attached hydrogen (secondary N) is 2. The Bertz CT molecular complexity index is 610. The summed E-state index contributed by atoms with van der Waals surface area (Å²) in [6, 6.07) is 3.59. The number of amides is 1. The fraction of sp³-hybridized carbons (Fsp3) is 0.357. The Morgan fingerprint density at radius 2 is 1.86 bits per heavy atom. The molecule has 1 heterocycles. The Morgan fingerprint density at radius 1 is 1.19 bits per heavy atom. The van der Waals surface area contributed by atoms with Crippen LogP contribution in [0.15, 0.2) is 23.3 Å². The van der Waals surface area contributed by atoms with Gasteiger partial charge in [-0.3, -0.25) is 10.2 Å². The molecule has 1 unspecified atom stereocenters. The van der Waals surface area contributed by atoms with Gasteiger partial charge in [-0.05, 0) is 66.0 Å². The third-order valence-electron chi connectivity index (χ3n) is 3.62. The molecular formula is C14H13Cl2IN2O2. The summed E-state index contributed by atoms with van der Waals surface area (Å²) >= 11 is 14.6. The van der Waals surface area contributed by atoms with E-state index in [1.54, 1.807) is 12.1 Å². The van der Waals surface area contributed by atoms with Gasteiger partial charge in [0.1, 0.15) is 0 Å². The SMILES string of the molecule is O=C1NNC(Oc2c(Cl)cc(I)cc2Cl)C2=C1CCCC2. The molecular weight excluding hydrogens is 426 g/mol. The smallest absolute Gasteiger partial charge is 0.261 e. The fourth-order valence-corrected chi connectivity index (χ4v) is 4.20. The number of ether oxygens (including phenoxy) is 1. The van der Waals surface area contributed by atoms with Gasteiger partial charge in [0, 0.05) is 9.14 Å². The molecule has 1 aliphatic heterocycles. The van der Waals surface area contributed by atoms with Crippen LogP contribution >= 0.6 is 45.8 Å². The summed E-state index contributed by atoms with van der Waals surface area (Å²) in [6.45, 7) is 0. The number of carbonyl (C=O) groups excluding carboxylic acids is 1. The van der Waals surface area contributed by atoms with Crippen LogP contribution in [0.4, 0.5) is 0 Å². The minimum Gasteiger partial charge on any atom is -0.467 e. The van der Waals surface area contributed by atoms with Gasteiger partial charge in [-0.25, -0.2) is 0 Å². The first-order valence-electron chi connectivity index (χ1n) is 6.65. The lowest BCUT2D eigenvalue weighted by molar-refractivity contribution is -0.120. The highest BCUT2D eigenvalue weighted by Crippen LogP contribution is 2.37. The molecule has 0 saturated heterocycles. The summed E-state index contributed by atoms with van der Waals surface area (Å²) in [5.74, 6) is 0.370. The lowest BCUT2D eigenvalue weighted by Crippen LogP contribution is -2.53. The van der Waals surface area contributed by atoms with E-state index in [-0.39, 0.29) is 5.91 Å². The Hall–Kier alpha value is -0.500. The van der Waals surface area contributed by atoms with Crippen molar-refractivity contribution in [2.75, 3.05) is 0 Å². The number of hydrazine groups is 1. The second kappa shape index (κ2) is 6.32. The Morgan fingerprint density at radius 3 is 2.57 bits per heavy atom. The summed E-state index contributed by atoms with van der Waals surface area (Å²) in [5, 5.41) is 0.923. The van der Waals surface area contributed by atoms with E-state index in [0.29, 0.717) is 15.8 Å². The molecule has 0 radical (unpaired) electrons. The molecule has 0 fully saturated rings. The summed E-state index contributed by atoms with van der Waals surface area (Å²) in [6.07, 6.45) is 3.30. The quantitative estimate of drug-likeness (QED) is 0.690. The van der Waals surface area contributed by atoms with Gasteiger partial charge in [-0.1, -0.05) is 23.2 Å². The Balaban J connectivity index is 1.91. The van der Waals surface area contributed by atoms with Crippen LogP contribution in [0.5, 0.6) is 5.75 Å². The van der Waals surface area contributed by atoms with Crippen molar-refractivity contribution in [2.45, 2.75) is 31.9 Å². The van der Waals surface area contributed by atoms with E-state index in [1.165, 1.54) is 0 Å². The highest BCUT2D eigenvalue weighted by atomic mass is 127. The zero-order chi connectivity index (χ0) is 15.0. The number of hydrogen-bond donors (Lipinski definition) is 2. The average molecular weight is 439 g/mol. The molecule has 2 N–H and O–H groups in total. The van der Waals surface area contributed by atoms with Crippen LogP contribution in [0.1, 0.15) is 25.7 Å². The Kier molecular flexibility index (Phi) is 4.63. The van der Waals surface area contributed by atoms with Gasteiger partial charge in [-0.15, -0.1) is 0 Å². The number of carbonyl (C=O) groups is 1. The minimum absolute atomic E-state index is 0.0654. The molecule has 1 amide bonds. The maximum Gasteiger partial charge on any atom is 0.261 e. The maximum atomic E-state index is 11.9. The largest absolute Gasteiger partial charge is 0.467 e. The second-order valence-corrected chi connectivity index (χ2v) is 7.07. The van der Waals surface area contributed by atoms with Gasteiger partial charge >= 0.3 is 0 Å². The van der Waals surface area contributed by atoms with Gasteiger partial charge in [0.15, 0.2) is 12.0 Å². The highest BCUT2D eigenvalue weighted by molar-refractivity contribution is 14.1. The van der Waals surface area contributed by atoms with Crippen molar-refractivity contribution in [3.05, 3.63) is 36.9 Å². The lowest BCUT2D eigenvalue weighted by Gasteiger charge is -2.32. The van der Waals surface area contributed by atoms with Gasteiger partial charge in [-0.2, -0.15) is 5.43 Å². The predicted octanol–water partition coefficient (Wildman–Crippen LogP) is 3.81. The highest BCUT2D eigenvalue weighted by Gasteiger charge is 2.31. The van der Waals surface area contributed by atoms with Crippen LogP contribution in [-0.4, -0.2) is 12.1 Å². The van der Waals surface area contributed by atoms with Crippen LogP contribution in [0, 0.1) is 3.57 Å². The van der Waals surface area contributed by atoms with E-state index >= 15 is 0 Å². The zero-order valence-electron chi connectivity index (χ0n) is 11.0. The monoisotopic (exact) mass is 438 g/mol. The summed E-state index contributed by atoms with van der Waals surface area (Å²) < 4.78 is 6.88. The molecule has 0 bridgehead atoms. The fourth-order valence-electron chi connectivity index (χ4n) is 2.63. The first-order chi connectivity index (χ1) is 10.1. The molecule has 1 aromatic rings. The zero-order valence-corrected chi connectivity index (χ0v) is 14.7. The van der Waals surface area contributed by atoms with Crippen molar-refractivity contribution >= 4 is 51.7 Å². The molecule has 0 saturated carbocycles. The van der Waals surface area contributed by atoms with E-state index in [2.05, 4.69) is 33.4 Å². The van der Waals surface area contributed by atoms with Gasteiger partial charge in [0.05, 0.1) is 10.0 Å². The molecule has 7 heteroatoms. The van der Waals surface area contributed by atoms with Crippen LogP contribution in [0.2, 0.25) is 10.0 Å². The van der Waals surface area contributed by atoms with Gasteiger partial charge in [0.25, 0.3) is 5.91 Å². The van der Waals surface area contributed by atoms with E-state index in [1.807, 2.05) is 0 Å². The van der Waals surface area contributed by atoms with Crippen LogP contribution in [0.25, 0.3) is 0 Å². The van der Waals surface area contributed by atoms with Crippen molar-refractivity contribution in [1.29, 1.82) is 0 Å². The van der Waals surface area contributed by atoms with E-state index < -0.39 is 6.23 Å². The summed E-state index contributed by atoms with van der Waals surface area (Å²) in [4.78, 5) is 11.9. The third kappa shape index (κ3) is 3.16. The lowest BCUT2D eigenvalue weighted by atomic mass is 9.89. The Labute approximate surface area is 146 Å². The third-order valence-corrected chi connectivity index (χ3v) is 4.80. The molecule has 3 rings (SSSR count). The van der Waals surface area contributed by atoms with Crippen molar-refractivity contribution in [3.63, 3.8) is 0 Å². The maximum absolute atomic E-state index is 11.9. The van der Waals surface area contributed by atoms with Crippen molar-refractivity contribution < 1.29 is 9.53 Å². The first kappa shape index (κ1) is 15.4. The van der Waals surface area contributed by atoms with Crippen molar-refractivity contribution in [3.8, 4) is 5.75 Å². The van der Waals surface area contributed by atoms with Crippen molar-refractivity contribution in [1.82, 2.24) is 10.9 Å². The number of rotatable bonds is 2. The van der Waals surface area contributed by atoms with Crippen LogP contribution in [0.3, 0.4) is 0 Å². The summed E-state index contributed by atoms with van der Waals surface area (Å²) in [5.41, 5.74) is 7.35. The molecule has 0 spiro atoms.